The van der Waals surface area contributed by atoms with Crippen LogP contribution in [0.4, 0.5) is 5.69 Å². The van der Waals surface area contributed by atoms with Gasteiger partial charge >= 0.3 is 0 Å². The molecule has 3 aromatic carbocycles. The average Bonchev–Trinajstić information content (AvgIpc) is 2.54. The monoisotopic (exact) mass is 297 g/mol. The van der Waals surface area contributed by atoms with E-state index in [0.717, 1.165) is 22.0 Å². The molecule has 0 aliphatic carbocycles. The molecule has 0 saturated carbocycles. The number of aliphatic hydroxyl groups excluding tert-OH is 1. The second-order valence-corrected chi connectivity index (χ2v) is 5.33. The van der Waals surface area contributed by atoms with Crippen LogP contribution in [0, 0.1) is 0 Å². The van der Waals surface area contributed by atoms with Crippen molar-refractivity contribution < 1.29 is 5.11 Å². The predicted octanol–water partition coefficient (Wildman–Crippen LogP) is 4.64. The van der Waals surface area contributed by atoms with Crippen molar-refractivity contribution in [3.8, 4) is 0 Å². The van der Waals surface area contributed by atoms with E-state index in [1.54, 1.807) is 0 Å². The molecule has 2 nitrogen and oxygen atoms in total. The number of benzene rings is 3. The van der Waals surface area contributed by atoms with Crippen LogP contribution in [0.1, 0.15) is 11.6 Å². The summed E-state index contributed by atoms with van der Waals surface area (Å²) in [5.41, 5.74) is 1.89. The second kappa shape index (κ2) is 6.17. The maximum atomic E-state index is 9.79. The molecular weight excluding hydrogens is 282 g/mol. The van der Waals surface area contributed by atoms with Crippen molar-refractivity contribution in [2.45, 2.75) is 6.04 Å². The Balaban J connectivity index is 2.01. The van der Waals surface area contributed by atoms with Gasteiger partial charge in [0.15, 0.2) is 0 Å². The first-order valence-corrected chi connectivity index (χ1v) is 7.27. The molecule has 0 fully saturated rings. The zero-order chi connectivity index (χ0) is 14.7. The van der Waals surface area contributed by atoms with Gasteiger partial charge in [-0.1, -0.05) is 66.2 Å². The molecule has 1 unspecified atom stereocenters. The van der Waals surface area contributed by atoms with Crippen LogP contribution in [0.25, 0.3) is 10.8 Å². The quantitative estimate of drug-likeness (QED) is 0.735. The van der Waals surface area contributed by atoms with Gasteiger partial charge in [0.05, 0.1) is 23.4 Å². The van der Waals surface area contributed by atoms with Gasteiger partial charge in [-0.2, -0.15) is 0 Å². The Kier molecular flexibility index (Phi) is 4.09. The highest BCUT2D eigenvalue weighted by Gasteiger charge is 2.14. The summed E-state index contributed by atoms with van der Waals surface area (Å²) in [5, 5.41) is 16.1. The summed E-state index contributed by atoms with van der Waals surface area (Å²) in [4.78, 5) is 0. The Hall–Kier alpha value is -2.03. The van der Waals surface area contributed by atoms with Crippen molar-refractivity contribution in [3.05, 3.63) is 77.3 Å². The van der Waals surface area contributed by atoms with Gasteiger partial charge in [-0.15, -0.1) is 0 Å². The number of anilines is 1. The van der Waals surface area contributed by atoms with Gasteiger partial charge in [0.2, 0.25) is 0 Å². The lowest BCUT2D eigenvalue weighted by molar-refractivity contribution is 0.277. The number of rotatable bonds is 4. The molecule has 0 aliphatic rings. The molecule has 106 valence electrons. The Bertz CT molecular complexity index is 752. The largest absolute Gasteiger partial charge is 0.394 e. The summed E-state index contributed by atoms with van der Waals surface area (Å²) in [5.74, 6) is 0. The molecule has 3 rings (SSSR count). The molecule has 3 aromatic rings. The average molecular weight is 298 g/mol. The number of nitrogens with one attached hydrogen (secondary N) is 1. The van der Waals surface area contributed by atoms with E-state index in [2.05, 4.69) is 23.5 Å². The summed E-state index contributed by atoms with van der Waals surface area (Å²) in [6, 6.07) is 21.6. The smallest absolute Gasteiger partial charge is 0.0751 e. The fourth-order valence-corrected chi connectivity index (χ4v) is 2.73. The lowest BCUT2D eigenvalue weighted by atomic mass is 9.99. The highest BCUT2D eigenvalue weighted by atomic mass is 35.5. The van der Waals surface area contributed by atoms with Crippen LogP contribution in [0.3, 0.4) is 0 Å². The number of fused-ring (bicyclic) bond motifs is 1. The van der Waals surface area contributed by atoms with Crippen LogP contribution >= 0.6 is 11.6 Å². The van der Waals surface area contributed by atoms with Crippen LogP contribution in [-0.4, -0.2) is 11.7 Å². The van der Waals surface area contributed by atoms with Crippen molar-refractivity contribution in [3.63, 3.8) is 0 Å². The predicted molar refractivity (Wildman–Crippen MR) is 88.8 cm³/mol. The number of hydrogen-bond acceptors (Lipinski definition) is 2. The topological polar surface area (TPSA) is 32.3 Å². The maximum absolute atomic E-state index is 9.79. The molecule has 0 saturated heterocycles. The number of aliphatic hydroxyl groups is 1. The fourth-order valence-electron chi connectivity index (χ4n) is 2.54. The van der Waals surface area contributed by atoms with E-state index in [1.165, 1.54) is 0 Å². The van der Waals surface area contributed by atoms with E-state index in [1.807, 2.05) is 48.5 Å². The molecule has 0 heterocycles. The first-order chi connectivity index (χ1) is 10.3. The molecule has 0 bridgehead atoms. The highest BCUT2D eigenvalue weighted by molar-refractivity contribution is 6.33. The molecule has 21 heavy (non-hydrogen) atoms. The number of hydrogen-bond donors (Lipinski definition) is 2. The van der Waals surface area contributed by atoms with Crippen molar-refractivity contribution in [1.29, 1.82) is 0 Å². The van der Waals surface area contributed by atoms with Gasteiger partial charge in [-0.05, 0) is 28.5 Å². The Morgan fingerprint density at radius 3 is 2.43 bits per heavy atom. The van der Waals surface area contributed by atoms with Gasteiger partial charge in [0, 0.05) is 0 Å². The van der Waals surface area contributed by atoms with E-state index in [4.69, 9.17) is 11.6 Å². The molecule has 0 amide bonds. The second-order valence-electron chi connectivity index (χ2n) is 4.93. The van der Waals surface area contributed by atoms with Crippen LogP contribution in [-0.2, 0) is 0 Å². The van der Waals surface area contributed by atoms with Gasteiger partial charge in [-0.25, -0.2) is 0 Å². The van der Waals surface area contributed by atoms with E-state index < -0.39 is 0 Å². The summed E-state index contributed by atoms with van der Waals surface area (Å²) >= 11 is 6.19. The molecule has 0 spiro atoms. The Morgan fingerprint density at radius 2 is 1.62 bits per heavy atom. The third kappa shape index (κ3) is 2.87. The van der Waals surface area contributed by atoms with Gasteiger partial charge in [0.1, 0.15) is 0 Å². The van der Waals surface area contributed by atoms with Crippen molar-refractivity contribution in [2.75, 3.05) is 11.9 Å². The van der Waals surface area contributed by atoms with Crippen LogP contribution in [0.5, 0.6) is 0 Å². The SMILES string of the molecule is OCC(Nc1ccccc1Cl)c1cccc2ccccc12. The lowest BCUT2D eigenvalue weighted by Crippen LogP contribution is -2.15. The van der Waals surface area contributed by atoms with Crippen molar-refractivity contribution in [1.82, 2.24) is 0 Å². The van der Waals surface area contributed by atoms with Crippen LogP contribution in [0.15, 0.2) is 66.7 Å². The minimum atomic E-state index is -0.198. The fraction of sp³-hybridized carbons (Fsp3) is 0.111. The van der Waals surface area contributed by atoms with Gasteiger partial charge in [0.25, 0.3) is 0 Å². The van der Waals surface area contributed by atoms with Crippen molar-refractivity contribution >= 4 is 28.1 Å². The van der Waals surface area contributed by atoms with E-state index >= 15 is 0 Å². The maximum Gasteiger partial charge on any atom is 0.0751 e. The summed E-state index contributed by atoms with van der Waals surface area (Å²) in [7, 11) is 0. The summed E-state index contributed by atoms with van der Waals surface area (Å²) < 4.78 is 0. The Morgan fingerprint density at radius 1 is 0.905 bits per heavy atom. The van der Waals surface area contributed by atoms with E-state index in [0.29, 0.717) is 5.02 Å². The van der Waals surface area contributed by atoms with Gasteiger partial charge < -0.3 is 10.4 Å². The third-order valence-electron chi connectivity index (χ3n) is 3.58. The lowest BCUT2D eigenvalue weighted by Gasteiger charge is -2.20. The van der Waals surface area contributed by atoms with E-state index in [9.17, 15) is 5.11 Å². The van der Waals surface area contributed by atoms with Crippen LogP contribution < -0.4 is 5.32 Å². The summed E-state index contributed by atoms with van der Waals surface area (Å²) in [6.07, 6.45) is 0. The highest BCUT2D eigenvalue weighted by Crippen LogP contribution is 2.29. The standard InChI is InChI=1S/C18H16ClNO/c19-16-10-3-4-11-17(16)20-18(12-21)15-9-5-7-13-6-1-2-8-14(13)15/h1-11,18,20-21H,12H2. The Labute approximate surface area is 129 Å². The zero-order valence-electron chi connectivity index (χ0n) is 11.5. The minimum absolute atomic E-state index is 0.000763. The number of halogens is 1. The molecular formula is C18H16ClNO. The molecule has 3 heteroatoms. The van der Waals surface area contributed by atoms with Crippen molar-refractivity contribution in [2.24, 2.45) is 0 Å². The molecule has 1 atom stereocenters. The van der Waals surface area contributed by atoms with E-state index in [-0.39, 0.29) is 12.6 Å². The number of para-hydroxylation sites is 1. The zero-order valence-corrected chi connectivity index (χ0v) is 12.2. The van der Waals surface area contributed by atoms with Gasteiger partial charge in [-0.3, -0.25) is 0 Å². The normalized spacial score (nSPS) is 12.3. The van der Waals surface area contributed by atoms with Crippen LogP contribution in [0.2, 0.25) is 5.02 Å². The summed E-state index contributed by atoms with van der Waals surface area (Å²) in [6.45, 7) is -0.000763. The third-order valence-corrected chi connectivity index (χ3v) is 3.91. The first-order valence-electron chi connectivity index (χ1n) is 6.89. The first kappa shape index (κ1) is 13.9. The molecule has 2 N–H and O–H groups in total. The minimum Gasteiger partial charge on any atom is -0.394 e. The molecule has 0 aromatic heterocycles. The molecule has 0 aliphatic heterocycles. The molecule has 0 radical (unpaired) electrons.